The molecule has 0 aromatic heterocycles. The van der Waals surface area contributed by atoms with Gasteiger partial charge in [-0.2, -0.15) is 0 Å². The first kappa shape index (κ1) is 22.4. The van der Waals surface area contributed by atoms with Crippen molar-refractivity contribution in [2.24, 2.45) is 0 Å². The Morgan fingerprint density at radius 3 is 2.39 bits per heavy atom. The van der Waals surface area contributed by atoms with Crippen molar-refractivity contribution in [2.75, 3.05) is 30.4 Å². The second kappa shape index (κ2) is 10.2. The third-order valence-electron chi connectivity index (χ3n) is 5.92. The monoisotopic (exact) mass is 443 g/mol. The molecule has 2 N–H and O–H groups in total. The molecule has 6 heteroatoms. The van der Waals surface area contributed by atoms with Gasteiger partial charge in [-0.05, 0) is 61.7 Å². The molecule has 2 amide bonds. The number of hydrogen-bond acceptors (Lipinski definition) is 4. The fraction of sp³-hybridized carbons (Fsp3) is 0.259. The van der Waals surface area contributed by atoms with Crippen LogP contribution in [0.15, 0.2) is 72.8 Å². The van der Waals surface area contributed by atoms with E-state index < -0.39 is 0 Å². The van der Waals surface area contributed by atoms with Crippen LogP contribution in [0.25, 0.3) is 0 Å². The Labute approximate surface area is 194 Å². The Morgan fingerprint density at radius 2 is 1.67 bits per heavy atom. The van der Waals surface area contributed by atoms with E-state index in [1.165, 1.54) is 0 Å². The minimum Gasteiger partial charge on any atom is -0.497 e. The van der Waals surface area contributed by atoms with E-state index in [4.69, 9.17) is 4.74 Å². The quantitative estimate of drug-likeness (QED) is 0.537. The molecule has 4 rings (SSSR count). The number of benzene rings is 3. The van der Waals surface area contributed by atoms with Crippen LogP contribution in [0.1, 0.15) is 52.1 Å². The van der Waals surface area contributed by atoms with Crippen molar-refractivity contribution < 1.29 is 14.3 Å². The van der Waals surface area contributed by atoms with Gasteiger partial charge in [-0.3, -0.25) is 9.59 Å². The van der Waals surface area contributed by atoms with Crippen LogP contribution in [0.2, 0.25) is 0 Å². The number of carbonyl (C=O) groups excluding carboxylic acids is 2. The number of nitrogens with zero attached hydrogens (tertiary/aromatic N) is 1. The smallest absolute Gasteiger partial charge is 0.255 e. The fourth-order valence-electron chi connectivity index (χ4n) is 4.10. The Morgan fingerprint density at radius 1 is 0.909 bits per heavy atom. The van der Waals surface area contributed by atoms with E-state index >= 15 is 0 Å². The first-order valence-electron chi connectivity index (χ1n) is 11.3. The highest BCUT2D eigenvalue weighted by Crippen LogP contribution is 2.28. The van der Waals surface area contributed by atoms with Gasteiger partial charge in [0.25, 0.3) is 11.8 Å². The molecule has 1 atom stereocenters. The van der Waals surface area contributed by atoms with Crippen molar-refractivity contribution in [3.8, 4) is 5.75 Å². The van der Waals surface area contributed by atoms with Gasteiger partial charge in [0.2, 0.25) is 0 Å². The average molecular weight is 444 g/mol. The summed E-state index contributed by atoms with van der Waals surface area (Å²) < 4.78 is 5.21. The van der Waals surface area contributed by atoms with Crippen molar-refractivity contribution in [3.63, 3.8) is 0 Å². The predicted molar refractivity (Wildman–Crippen MR) is 131 cm³/mol. The summed E-state index contributed by atoms with van der Waals surface area (Å²) in [6.45, 7) is 3.81. The van der Waals surface area contributed by atoms with Gasteiger partial charge < -0.3 is 20.3 Å². The van der Waals surface area contributed by atoms with E-state index in [-0.39, 0.29) is 17.9 Å². The number of amides is 2. The van der Waals surface area contributed by atoms with E-state index in [1.54, 1.807) is 37.4 Å². The van der Waals surface area contributed by atoms with Gasteiger partial charge in [-0.1, -0.05) is 36.4 Å². The summed E-state index contributed by atoms with van der Waals surface area (Å²) in [5.74, 6) is 0.194. The van der Waals surface area contributed by atoms with Crippen molar-refractivity contribution in [2.45, 2.75) is 25.8 Å². The van der Waals surface area contributed by atoms with Crippen molar-refractivity contribution >= 4 is 23.2 Å². The standard InChI is InChI=1S/C27H29N3O3/c1-19(20-9-4-3-5-10-20)28-27(32)24-18-22(13-14-25(24)30-15-6-7-16-30)29-26(31)21-11-8-12-23(17-21)33-2/h3-5,8-14,17-19H,6-7,15-16H2,1-2H3,(H,28,32)(H,29,31). The molecule has 3 aromatic rings. The maximum atomic E-state index is 13.3. The molecule has 0 bridgehead atoms. The molecule has 3 aromatic carbocycles. The van der Waals surface area contributed by atoms with Crippen LogP contribution in [0.3, 0.4) is 0 Å². The predicted octanol–water partition coefficient (Wildman–Crippen LogP) is 5.04. The Balaban J connectivity index is 1.58. The van der Waals surface area contributed by atoms with E-state index in [0.717, 1.165) is 37.2 Å². The van der Waals surface area contributed by atoms with Gasteiger partial charge in [0, 0.05) is 30.0 Å². The van der Waals surface area contributed by atoms with Crippen molar-refractivity contribution in [3.05, 3.63) is 89.5 Å². The molecule has 33 heavy (non-hydrogen) atoms. The second-order valence-electron chi connectivity index (χ2n) is 8.22. The zero-order valence-corrected chi connectivity index (χ0v) is 19.0. The maximum absolute atomic E-state index is 13.3. The molecule has 1 aliphatic rings. The first-order valence-corrected chi connectivity index (χ1v) is 11.3. The van der Waals surface area contributed by atoms with Crippen LogP contribution in [-0.2, 0) is 0 Å². The Hall–Kier alpha value is -3.80. The van der Waals surface area contributed by atoms with E-state index in [9.17, 15) is 9.59 Å². The normalized spacial score (nSPS) is 13.9. The van der Waals surface area contributed by atoms with Crippen molar-refractivity contribution in [1.29, 1.82) is 0 Å². The van der Waals surface area contributed by atoms with Gasteiger partial charge in [-0.15, -0.1) is 0 Å². The van der Waals surface area contributed by atoms with Crippen LogP contribution >= 0.6 is 0 Å². The highest BCUT2D eigenvalue weighted by molar-refractivity contribution is 6.06. The molecular weight excluding hydrogens is 414 g/mol. The molecule has 1 unspecified atom stereocenters. The fourth-order valence-corrected chi connectivity index (χ4v) is 4.10. The summed E-state index contributed by atoms with van der Waals surface area (Å²) in [5.41, 5.74) is 3.55. The number of hydrogen-bond donors (Lipinski definition) is 2. The average Bonchev–Trinajstić information content (AvgIpc) is 3.39. The Bertz CT molecular complexity index is 1120. The lowest BCUT2D eigenvalue weighted by molar-refractivity contribution is 0.0939. The zero-order chi connectivity index (χ0) is 23.2. The maximum Gasteiger partial charge on any atom is 0.255 e. The minimum atomic E-state index is -0.258. The molecule has 1 fully saturated rings. The lowest BCUT2D eigenvalue weighted by Crippen LogP contribution is -2.29. The molecular formula is C27H29N3O3. The zero-order valence-electron chi connectivity index (χ0n) is 19.0. The van der Waals surface area contributed by atoms with Gasteiger partial charge in [0.1, 0.15) is 5.75 Å². The Kier molecular flexibility index (Phi) is 6.93. The summed E-state index contributed by atoms with van der Waals surface area (Å²) in [7, 11) is 1.56. The largest absolute Gasteiger partial charge is 0.497 e. The highest BCUT2D eigenvalue weighted by atomic mass is 16.5. The topological polar surface area (TPSA) is 70.7 Å². The molecule has 0 radical (unpaired) electrons. The first-order chi connectivity index (χ1) is 16.0. The van der Waals surface area contributed by atoms with Gasteiger partial charge in [0.05, 0.1) is 18.7 Å². The lowest BCUT2D eigenvalue weighted by atomic mass is 10.1. The molecule has 1 heterocycles. The number of methoxy groups -OCH3 is 1. The minimum absolute atomic E-state index is 0.139. The molecule has 0 aliphatic carbocycles. The number of carbonyl (C=O) groups is 2. The van der Waals surface area contributed by atoms with Crippen LogP contribution in [0.4, 0.5) is 11.4 Å². The molecule has 170 valence electrons. The number of anilines is 2. The van der Waals surface area contributed by atoms with Crippen molar-refractivity contribution in [1.82, 2.24) is 5.32 Å². The molecule has 0 saturated carbocycles. The van der Waals surface area contributed by atoms with Crippen LogP contribution in [-0.4, -0.2) is 32.0 Å². The molecule has 0 spiro atoms. The van der Waals surface area contributed by atoms with Crippen LogP contribution < -0.4 is 20.3 Å². The summed E-state index contributed by atoms with van der Waals surface area (Å²) >= 11 is 0. The molecule has 1 aliphatic heterocycles. The lowest BCUT2D eigenvalue weighted by Gasteiger charge is -2.23. The summed E-state index contributed by atoms with van der Waals surface area (Å²) in [6, 6.07) is 22.2. The SMILES string of the molecule is COc1cccc(C(=O)Nc2ccc(N3CCCC3)c(C(=O)NC(C)c3ccccc3)c2)c1. The molecule has 6 nitrogen and oxygen atoms in total. The third kappa shape index (κ3) is 5.34. The summed E-state index contributed by atoms with van der Waals surface area (Å²) in [5, 5.41) is 6.02. The summed E-state index contributed by atoms with van der Waals surface area (Å²) in [6.07, 6.45) is 2.21. The van der Waals surface area contributed by atoms with Gasteiger partial charge in [0.15, 0.2) is 0 Å². The van der Waals surface area contributed by atoms with Gasteiger partial charge in [-0.25, -0.2) is 0 Å². The number of rotatable bonds is 7. The van der Waals surface area contributed by atoms with Gasteiger partial charge >= 0.3 is 0 Å². The van der Waals surface area contributed by atoms with E-state index in [0.29, 0.717) is 22.6 Å². The second-order valence-corrected chi connectivity index (χ2v) is 8.22. The number of nitrogens with one attached hydrogen (secondary N) is 2. The molecule has 1 saturated heterocycles. The van der Waals surface area contributed by atoms with E-state index in [1.807, 2.05) is 49.4 Å². The van der Waals surface area contributed by atoms with E-state index in [2.05, 4.69) is 15.5 Å². The van der Waals surface area contributed by atoms with Crippen LogP contribution in [0, 0.1) is 0 Å². The highest BCUT2D eigenvalue weighted by Gasteiger charge is 2.22. The van der Waals surface area contributed by atoms with Crippen LogP contribution in [0.5, 0.6) is 5.75 Å². The number of ether oxygens (including phenoxy) is 1. The third-order valence-corrected chi connectivity index (χ3v) is 5.92. The summed E-state index contributed by atoms with van der Waals surface area (Å²) in [4.78, 5) is 28.4.